The average molecular weight is 277 g/mol. The van der Waals surface area contributed by atoms with Gasteiger partial charge in [-0.05, 0) is 39.8 Å². The largest absolute Gasteiger partial charge is 0.494 e. The van der Waals surface area contributed by atoms with Crippen LogP contribution < -0.4 is 10.1 Å². The summed E-state index contributed by atoms with van der Waals surface area (Å²) in [6.07, 6.45) is 1.41. The fourth-order valence-electron chi connectivity index (χ4n) is 3.10. The third-order valence-corrected chi connectivity index (χ3v) is 4.09. The zero-order valence-corrected chi connectivity index (χ0v) is 13.1. The Labute approximate surface area is 122 Å². The summed E-state index contributed by atoms with van der Waals surface area (Å²) < 4.78 is 11.6. The molecule has 0 amide bonds. The Morgan fingerprint density at radius 2 is 2.20 bits per heavy atom. The Kier molecular flexibility index (Phi) is 5.44. The summed E-state index contributed by atoms with van der Waals surface area (Å²) in [4.78, 5) is 0. The fraction of sp³-hybridized carbons (Fsp3) is 0.647. The van der Waals surface area contributed by atoms with Gasteiger partial charge in [-0.2, -0.15) is 0 Å². The Morgan fingerprint density at radius 1 is 1.40 bits per heavy atom. The second-order valence-electron chi connectivity index (χ2n) is 5.54. The van der Waals surface area contributed by atoms with Crippen molar-refractivity contribution in [1.82, 2.24) is 5.32 Å². The minimum atomic E-state index is 0.300. The first-order valence-corrected chi connectivity index (χ1v) is 7.75. The molecule has 1 N–H and O–H groups in total. The number of hydrogen-bond donors (Lipinski definition) is 1. The molecule has 3 heteroatoms. The predicted octanol–water partition coefficient (Wildman–Crippen LogP) is 3.47. The molecule has 0 aliphatic carbocycles. The van der Waals surface area contributed by atoms with Crippen LogP contribution in [-0.2, 0) is 4.74 Å². The van der Waals surface area contributed by atoms with Crippen molar-refractivity contribution >= 4 is 0 Å². The number of hydrogen-bond acceptors (Lipinski definition) is 3. The van der Waals surface area contributed by atoms with Crippen LogP contribution in [0.15, 0.2) is 18.2 Å². The maximum Gasteiger partial charge on any atom is 0.124 e. The molecule has 112 valence electrons. The van der Waals surface area contributed by atoms with E-state index in [1.807, 2.05) is 6.92 Å². The van der Waals surface area contributed by atoms with E-state index >= 15 is 0 Å². The van der Waals surface area contributed by atoms with Gasteiger partial charge >= 0.3 is 0 Å². The molecule has 3 atom stereocenters. The van der Waals surface area contributed by atoms with Crippen LogP contribution in [0, 0.1) is 12.8 Å². The van der Waals surface area contributed by atoms with Crippen molar-refractivity contribution < 1.29 is 9.47 Å². The number of rotatable bonds is 6. The van der Waals surface area contributed by atoms with E-state index in [-0.39, 0.29) is 0 Å². The van der Waals surface area contributed by atoms with Crippen LogP contribution in [-0.4, -0.2) is 25.9 Å². The molecule has 1 aromatic rings. The van der Waals surface area contributed by atoms with Gasteiger partial charge in [0.25, 0.3) is 0 Å². The van der Waals surface area contributed by atoms with Crippen molar-refractivity contribution in [2.75, 3.05) is 19.8 Å². The van der Waals surface area contributed by atoms with Gasteiger partial charge in [-0.3, -0.25) is 0 Å². The van der Waals surface area contributed by atoms with Crippen molar-refractivity contribution in [3.63, 3.8) is 0 Å². The van der Waals surface area contributed by atoms with Crippen LogP contribution in [0.4, 0.5) is 0 Å². The first-order valence-electron chi connectivity index (χ1n) is 7.75. The normalized spacial score (nSPS) is 23.8. The summed E-state index contributed by atoms with van der Waals surface area (Å²) in [5, 5.41) is 3.64. The molecule has 1 fully saturated rings. The lowest BCUT2D eigenvalue weighted by Gasteiger charge is -2.29. The van der Waals surface area contributed by atoms with E-state index in [1.165, 1.54) is 11.1 Å². The maximum atomic E-state index is 5.83. The van der Waals surface area contributed by atoms with Crippen LogP contribution in [0.1, 0.15) is 44.4 Å². The van der Waals surface area contributed by atoms with E-state index in [4.69, 9.17) is 9.47 Å². The highest BCUT2D eigenvalue weighted by Crippen LogP contribution is 2.37. The summed E-state index contributed by atoms with van der Waals surface area (Å²) in [6, 6.07) is 6.77. The van der Waals surface area contributed by atoms with Crippen LogP contribution in [0.5, 0.6) is 5.75 Å². The summed E-state index contributed by atoms with van der Waals surface area (Å²) in [5.74, 6) is 1.51. The second kappa shape index (κ2) is 7.09. The molecule has 0 saturated carbocycles. The van der Waals surface area contributed by atoms with E-state index in [0.29, 0.717) is 24.7 Å². The van der Waals surface area contributed by atoms with Gasteiger partial charge in [0, 0.05) is 24.1 Å². The SMILES string of the molecule is CCNC(c1cc(C)ccc1OCC)C1CCOC1C. The molecule has 0 spiro atoms. The number of nitrogens with one attached hydrogen (secondary N) is 1. The molecular formula is C17H27NO2. The minimum Gasteiger partial charge on any atom is -0.494 e. The minimum absolute atomic E-state index is 0.300. The first kappa shape index (κ1) is 15.3. The van der Waals surface area contributed by atoms with E-state index < -0.39 is 0 Å². The lowest BCUT2D eigenvalue weighted by atomic mass is 9.87. The Balaban J connectivity index is 2.34. The number of benzene rings is 1. The predicted molar refractivity (Wildman–Crippen MR) is 82.3 cm³/mol. The van der Waals surface area contributed by atoms with Crippen molar-refractivity contribution in [3.8, 4) is 5.75 Å². The Hall–Kier alpha value is -1.06. The summed E-state index contributed by atoms with van der Waals surface area (Å²) in [6.45, 7) is 11.0. The monoisotopic (exact) mass is 277 g/mol. The average Bonchev–Trinajstić information content (AvgIpc) is 2.85. The van der Waals surface area contributed by atoms with E-state index in [9.17, 15) is 0 Å². The van der Waals surface area contributed by atoms with Gasteiger partial charge in [0.2, 0.25) is 0 Å². The van der Waals surface area contributed by atoms with Gasteiger partial charge in [0.1, 0.15) is 5.75 Å². The molecule has 1 aromatic carbocycles. The lowest BCUT2D eigenvalue weighted by molar-refractivity contribution is 0.0952. The molecule has 3 unspecified atom stereocenters. The van der Waals surface area contributed by atoms with E-state index in [0.717, 1.165) is 25.3 Å². The van der Waals surface area contributed by atoms with Crippen molar-refractivity contribution in [2.24, 2.45) is 5.92 Å². The quantitative estimate of drug-likeness (QED) is 0.863. The number of aryl methyl sites for hydroxylation is 1. The zero-order valence-electron chi connectivity index (χ0n) is 13.1. The highest BCUT2D eigenvalue weighted by Gasteiger charge is 2.33. The molecule has 1 aliphatic rings. The van der Waals surface area contributed by atoms with Crippen molar-refractivity contribution in [3.05, 3.63) is 29.3 Å². The van der Waals surface area contributed by atoms with Crippen LogP contribution >= 0.6 is 0 Å². The van der Waals surface area contributed by atoms with Crippen LogP contribution in [0.2, 0.25) is 0 Å². The maximum absolute atomic E-state index is 5.83. The standard InChI is InChI=1S/C17H27NO2/c1-5-18-17(14-9-10-20-13(14)4)15-11-12(3)7-8-16(15)19-6-2/h7-8,11,13-14,17-18H,5-6,9-10H2,1-4H3. The molecule has 3 nitrogen and oxygen atoms in total. The lowest BCUT2D eigenvalue weighted by Crippen LogP contribution is -2.32. The highest BCUT2D eigenvalue weighted by atomic mass is 16.5. The van der Waals surface area contributed by atoms with Gasteiger partial charge in [-0.1, -0.05) is 24.6 Å². The summed E-state index contributed by atoms with van der Waals surface area (Å²) >= 11 is 0. The van der Waals surface area contributed by atoms with E-state index in [2.05, 4.69) is 44.3 Å². The molecule has 1 heterocycles. The third kappa shape index (κ3) is 3.33. The topological polar surface area (TPSA) is 30.5 Å². The molecule has 0 aromatic heterocycles. The third-order valence-electron chi connectivity index (χ3n) is 4.09. The van der Waals surface area contributed by atoms with Crippen molar-refractivity contribution in [2.45, 2.75) is 46.3 Å². The Bertz CT molecular complexity index is 433. The van der Waals surface area contributed by atoms with E-state index in [1.54, 1.807) is 0 Å². The smallest absolute Gasteiger partial charge is 0.124 e. The van der Waals surface area contributed by atoms with Gasteiger partial charge in [0.15, 0.2) is 0 Å². The molecule has 0 radical (unpaired) electrons. The molecule has 1 aliphatic heterocycles. The summed E-state index contributed by atoms with van der Waals surface area (Å²) in [5.41, 5.74) is 2.55. The summed E-state index contributed by atoms with van der Waals surface area (Å²) in [7, 11) is 0. The van der Waals surface area contributed by atoms with Crippen LogP contribution in [0.3, 0.4) is 0 Å². The highest BCUT2D eigenvalue weighted by molar-refractivity contribution is 5.40. The van der Waals surface area contributed by atoms with Gasteiger partial charge in [-0.25, -0.2) is 0 Å². The van der Waals surface area contributed by atoms with Gasteiger partial charge in [0.05, 0.1) is 12.7 Å². The van der Waals surface area contributed by atoms with Crippen molar-refractivity contribution in [1.29, 1.82) is 0 Å². The molecule has 1 saturated heterocycles. The van der Waals surface area contributed by atoms with Gasteiger partial charge < -0.3 is 14.8 Å². The van der Waals surface area contributed by atoms with Gasteiger partial charge in [-0.15, -0.1) is 0 Å². The fourth-order valence-corrected chi connectivity index (χ4v) is 3.10. The Morgan fingerprint density at radius 3 is 2.80 bits per heavy atom. The first-order chi connectivity index (χ1) is 9.67. The molecular weight excluding hydrogens is 250 g/mol. The molecule has 0 bridgehead atoms. The molecule has 2 rings (SSSR count). The zero-order chi connectivity index (χ0) is 14.5. The second-order valence-corrected chi connectivity index (χ2v) is 5.54. The molecule has 20 heavy (non-hydrogen) atoms. The van der Waals surface area contributed by atoms with Crippen LogP contribution in [0.25, 0.3) is 0 Å². The number of ether oxygens (including phenoxy) is 2.